The van der Waals surface area contributed by atoms with Gasteiger partial charge in [0.05, 0.1) is 18.7 Å². The molecule has 0 radical (unpaired) electrons. The van der Waals surface area contributed by atoms with E-state index in [2.05, 4.69) is 4.98 Å². The molecule has 0 fully saturated rings. The molecular weight excluding hydrogens is 181 g/mol. The van der Waals surface area contributed by atoms with Crippen LogP contribution in [0.25, 0.3) is 0 Å². The minimum Gasteiger partial charge on any atom is -0.252 e. The Morgan fingerprint density at radius 1 is 1.54 bits per heavy atom. The molecule has 0 saturated heterocycles. The number of hydrogen-bond donors (Lipinski definition) is 0. The van der Waals surface area contributed by atoms with Crippen molar-refractivity contribution in [3.63, 3.8) is 0 Å². The predicted octanol–water partition coefficient (Wildman–Crippen LogP) is 2.22. The lowest BCUT2D eigenvalue weighted by Crippen LogP contribution is -1.96. The number of nitriles is 1. The van der Waals surface area contributed by atoms with Crippen LogP contribution in [0.1, 0.15) is 17.7 Å². The Labute approximate surface area is 72.6 Å². The third-order valence-electron chi connectivity index (χ3n) is 1.45. The van der Waals surface area contributed by atoms with Gasteiger partial charge in [-0.2, -0.15) is 5.26 Å². The van der Waals surface area contributed by atoms with E-state index in [1.807, 2.05) is 0 Å². The van der Waals surface area contributed by atoms with Crippen LogP contribution in [0, 0.1) is 17.1 Å². The Morgan fingerprint density at radius 3 is 2.77 bits per heavy atom. The Balaban J connectivity index is 3.05. The molecule has 0 aliphatic carbocycles. The number of rotatable bonds is 2. The molecule has 0 aromatic carbocycles. The zero-order valence-corrected chi connectivity index (χ0v) is 6.47. The quantitative estimate of drug-likeness (QED) is 0.710. The van der Waals surface area contributed by atoms with Crippen molar-refractivity contribution in [2.75, 3.05) is 0 Å². The first-order chi connectivity index (χ1) is 6.15. The van der Waals surface area contributed by atoms with E-state index in [4.69, 9.17) is 5.26 Å². The summed E-state index contributed by atoms with van der Waals surface area (Å²) in [6, 6.07) is 2.58. The Bertz CT molecular complexity index is 344. The first kappa shape index (κ1) is 9.52. The van der Waals surface area contributed by atoms with E-state index >= 15 is 0 Å². The Kier molecular flexibility index (Phi) is 2.85. The molecule has 1 aromatic heterocycles. The number of halogens is 3. The minimum atomic E-state index is -2.74. The van der Waals surface area contributed by atoms with E-state index in [1.165, 1.54) is 0 Å². The summed E-state index contributed by atoms with van der Waals surface area (Å²) in [5.41, 5.74) is -0.556. The normalized spacial score (nSPS) is 10.1. The average molecular weight is 186 g/mol. The molecule has 0 unspecified atom stereocenters. The molecule has 0 amide bonds. The van der Waals surface area contributed by atoms with Crippen molar-refractivity contribution in [3.8, 4) is 6.07 Å². The second-order valence-corrected chi connectivity index (χ2v) is 2.34. The lowest BCUT2D eigenvalue weighted by molar-refractivity contribution is 0.146. The van der Waals surface area contributed by atoms with E-state index < -0.39 is 17.9 Å². The van der Waals surface area contributed by atoms with Crippen LogP contribution in [0.4, 0.5) is 13.2 Å². The lowest BCUT2D eigenvalue weighted by Gasteiger charge is -2.01. The number of alkyl halides is 2. The molecule has 0 saturated carbocycles. The summed E-state index contributed by atoms with van der Waals surface area (Å²) in [7, 11) is 0. The van der Waals surface area contributed by atoms with Gasteiger partial charge >= 0.3 is 0 Å². The van der Waals surface area contributed by atoms with Gasteiger partial charge in [0.2, 0.25) is 0 Å². The summed E-state index contributed by atoms with van der Waals surface area (Å²) in [6.07, 6.45) is -2.26. The highest BCUT2D eigenvalue weighted by Crippen LogP contribution is 2.18. The van der Waals surface area contributed by atoms with Gasteiger partial charge in [0, 0.05) is 5.56 Å². The van der Waals surface area contributed by atoms with Crippen LogP contribution in [0.3, 0.4) is 0 Å². The van der Waals surface area contributed by atoms with Crippen molar-refractivity contribution in [2.45, 2.75) is 12.8 Å². The third kappa shape index (κ3) is 2.18. The van der Waals surface area contributed by atoms with Crippen LogP contribution in [-0.4, -0.2) is 4.98 Å². The fraction of sp³-hybridized carbons (Fsp3) is 0.250. The molecule has 1 aromatic rings. The van der Waals surface area contributed by atoms with Crippen molar-refractivity contribution >= 4 is 0 Å². The largest absolute Gasteiger partial charge is 0.280 e. The molecule has 1 rings (SSSR count). The number of pyridine rings is 1. The van der Waals surface area contributed by atoms with Crippen LogP contribution in [0.2, 0.25) is 0 Å². The molecular formula is C8H5F3N2. The van der Waals surface area contributed by atoms with Gasteiger partial charge in [0.25, 0.3) is 6.43 Å². The Hall–Kier alpha value is -1.57. The third-order valence-corrected chi connectivity index (χ3v) is 1.45. The van der Waals surface area contributed by atoms with Crippen LogP contribution in [0.15, 0.2) is 12.3 Å². The number of aromatic nitrogens is 1. The summed E-state index contributed by atoms with van der Waals surface area (Å²) >= 11 is 0. The van der Waals surface area contributed by atoms with Gasteiger partial charge in [-0.1, -0.05) is 0 Å². The van der Waals surface area contributed by atoms with E-state index in [0.29, 0.717) is 6.20 Å². The van der Waals surface area contributed by atoms with E-state index in [9.17, 15) is 13.2 Å². The second-order valence-electron chi connectivity index (χ2n) is 2.34. The maximum atomic E-state index is 12.8. The van der Waals surface area contributed by atoms with E-state index in [0.717, 1.165) is 6.07 Å². The maximum absolute atomic E-state index is 12.8. The van der Waals surface area contributed by atoms with Gasteiger partial charge in [0.15, 0.2) is 0 Å². The summed E-state index contributed by atoms with van der Waals surface area (Å²) in [4.78, 5) is 3.19. The van der Waals surface area contributed by atoms with Crippen molar-refractivity contribution in [3.05, 3.63) is 29.3 Å². The molecule has 5 heteroatoms. The molecule has 1 heterocycles. The van der Waals surface area contributed by atoms with Gasteiger partial charge in [-0.3, -0.25) is 4.98 Å². The lowest BCUT2D eigenvalue weighted by atomic mass is 10.2. The van der Waals surface area contributed by atoms with E-state index in [1.54, 1.807) is 6.07 Å². The van der Waals surface area contributed by atoms with Gasteiger partial charge in [-0.15, -0.1) is 0 Å². The van der Waals surface area contributed by atoms with Crippen molar-refractivity contribution in [1.82, 2.24) is 4.98 Å². The fourth-order valence-corrected chi connectivity index (χ4v) is 0.839. The second kappa shape index (κ2) is 3.90. The Morgan fingerprint density at radius 2 is 2.23 bits per heavy atom. The highest BCUT2D eigenvalue weighted by Gasteiger charge is 2.11. The van der Waals surface area contributed by atoms with E-state index in [-0.39, 0.29) is 12.0 Å². The minimum absolute atomic E-state index is 0.0483. The summed E-state index contributed by atoms with van der Waals surface area (Å²) in [5, 5.41) is 8.25. The smallest absolute Gasteiger partial charge is 0.252 e. The van der Waals surface area contributed by atoms with Crippen LogP contribution < -0.4 is 0 Å². The topological polar surface area (TPSA) is 36.7 Å². The summed E-state index contributed by atoms with van der Waals surface area (Å²) < 4.78 is 36.9. The first-order valence-corrected chi connectivity index (χ1v) is 3.44. The highest BCUT2D eigenvalue weighted by molar-refractivity contribution is 5.21. The predicted molar refractivity (Wildman–Crippen MR) is 38.5 cm³/mol. The van der Waals surface area contributed by atoms with Gasteiger partial charge in [-0.05, 0) is 6.07 Å². The average Bonchev–Trinajstić information content (AvgIpc) is 2.08. The standard InChI is InChI=1S/C8H5F3N2/c9-6-4-13-7(8(10)11)3-5(6)1-2-12/h3-4,8H,1H2. The molecule has 2 nitrogen and oxygen atoms in total. The SMILES string of the molecule is N#CCc1cc(C(F)F)ncc1F. The molecule has 0 spiro atoms. The van der Waals surface area contributed by atoms with Crippen LogP contribution in [0.5, 0.6) is 0 Å². The molecule has 0 aliphatic rings. The first-order valence-electron chi connectivity index (χ1n) is 3.44. The summed E-state index contributed by atoms with van der Waals surface area (Å²) in [6.45, 7) is 0. The molecule has 0 aliphatic heterocycles. The van der Waals surface area contributed by atoms with Crippen LogP contribution >= 0.6 is 0 Å². The zero-order chi connectivity index (χ0) is 9.84. The number of hydrogen-bond acceptors (Lipinski definition) is 2. The molecule has 0 bridgehead atoms. The fourth-order valence-electron chi connectivity index (χ4n) is 0.839. The maximum Gasteiger partial charge on any atom is 0.280 e. The molecule has 0 N–H and O–H groups in total. The highest BCUT2D eigenvalue weighted by atomic mass is 19.3. The molecule has 0 atom stereocenters. The van der Waals surface area contributed by atoms with Crippen molar-refractivity contribution in [2.24, 2.45) is 0 Å². The van der Waals surface area contributed by atoms with Crippen LogP contribution in [-0.2, 0) is 6.42 Å². The molecule has 13 heavy (non-hydrogen) atoms. The van der Waals surface area contributed by atoms with Gasteiger partial charge in [0.1, 0.15) is 11.5 Å². The van der Waals surface area contributed by atoms with Gasteiger partial charge < -0.3 is 0 Å². The monoisotopic (exact) mass is 186 g/mol. The van der Waals surface area contributed by atoms with Crippen molar-refractivity contribution < 1.29 is 13.2 Å². The number of nitrogens with zero attached hydrogens (tertiary/aromatic N) is 2. The molecule has 68 valence electrons. The zero-order valence-electron chi connectivity index (χ0n) is 6.47. The summed E-state index contributed by atoms with van der Waals surface area (Å²) in [5.74, 6) is -0.731. The van der Waals surface area contributed by atoms with Gasteiger partial charge in [-0.25, -0.2) is 13.2 Å². The van der Waals surface area contributed by atoms with Crippen molar-refractivity contribution in [1.29, 1.82) is 5.26 Å².